The SMILES string of the molecule is C=C[C@@H](c1ccc(F)cc1)[C@@H](I)C(=O)OC(C)(C)C. The molecule has 19 heavy (non-hydrogen) atoms. The molecule has 0 radical (unpaired) electrons. The third-order valence-corrected chi connectivity index (χ3v) is 3.74. The highest BCUT2D eigenvalue weighted by Gasteiger charge is 2.29. The van der Waals surface area contributed by atoms with Gasteiger partial charge in [0.05, 0.1) is 0 Å². The second-order valence-corrected chi connectivity index (χ2v) is 6.59. The van der Waals surface area contributed by atoms with Crippen LogP contribution in [0.1, 0.15) is 32.3 Å². The molecule has 0 saturated carbocycles. The van der Waals surface area contributed by atoms with Crippen molar-refractivity contribution in [2.45, 2.75) is 36.2 Å². The first-order chi connectivity index (χ1) is 8.74. The van der Waals surface area contributed by atoms with Gasteiger partial charge in [0, 0.05) is 5.92 Å². The average Bonchev–Trinajstić information content (AvgIpc) is 2.30. The zero-order chi connectivity index (χ0) is 14.6. The number of alkyl halides is 1. The number of rotatable bonds is 4. The molecule has 0 aromatic heterocycles. The molecule has 0 aliphatic heterocycles. The molecular weight excluding hydrogens is 358 g/mol. The molecule has 0 saturated heterocycles. The Kier molecular flexibility index (Phi) is 5.52. The van der Waals surface area contributed by atoms with E-state index in [1.807, 2.05) is 43.4 Å². The molecule has 0 bridgehead atoms. The van der Waals surface area contributed by atoms with E-state index in [1.165, 1.54) is 12.1 Å². The Balaban J connectivity index is 2.88. The summed E-state index contributed by atoms with van der Waals surface area (Å²) in [4.78, 5) is 12.0. The van der Waals surface area contributed by atoms with Crippen molar-refractivity contribution >= 4 is 28.6 Å². The Bertz CT molecular complexity index is 448. The standard InChI is InChI=1S/C15H18FIO2/c1-5-12(10-6-8-11(16)9-7-10)13(17)14(18)19-15(2,3)4/h5-9,12-13H,1H2,2-4H3/t12-,13+/m0/s1. The third-order valence-electron chi connectivity index (χ3n) is 2.46. The summed E-state index contributed by atoms with van der Waals surface area (Å²) in [6.07, 6.45) is 1.69. The van der Waals surface area contributed by atoms with Crippen molar-refractivity contribution in [3.63, 3.8) is 0 Å². The lowest BCUT2D eigenvalue weighted by atomic mass is 9.96. The van der Waals surface area contributed by atoms with Gasteiger partial charge in [-0.2, -0.15) is 0 Å². The van der Waals surface area contributed by atoms with Crippen LogP contribution in [-0.4, -0.2) is 15.5 Å². The van der Waals surface area contributed by atoms with E-state index in [4.69, 9.17) is 4.74 Å². The fourth-order valence-electron chi connectivity index (χ4n) is 1.61. The number of allylic oxidation sites excluding steroid dienone is 1. The lowest BCUT2D eigenvalue weighted by Gasteiger charge is -2.24. The normalized spacial score (nSPS) is 14.6. The van der Waals surface area contributed by atoms with Gasteiger partial charge < -0.3 is 4.74 Å². The number of carbonyl (C=O) groups is 1. The highest BCUT2D eigenvalue weighted by atomic mass is 127. The zero-order valence-corrected chi connectivity index (χ0v) is 13.5. The van der Waals surface area contributed by atoms with E-state index in [9.17, 15) is 9.18 Å². The number of hydrogen-bond acceptors (Lipinski definition) is 2. The lowest BCUT2D eigenvalue weighted by Crippen LogP contribution is -2.31. The van der Waals surface area contributed by atoms with Crippen LogP contribution in [0.2, 0.25) is 0 Å². The van der Waals surface area contributed by atoms with Gasteiger partial charge in [-0.3, -0.25) is 4.79 Å². The summed E-state index contributed by atoms with van der Waals surface area (Å²) in [6.45, 7) is 9.24. The minimum Gasteiger partial charge on any atom is -0.459 e. The Morgan fingerprint density at radius 2 is 1.89 bits per heavy atom. The van der Waals surface area contributed by atoms with Gasteiger partial charge in [0.15, 0.2) is 0 Å². The molecular formula is C15H18FIO2. The maximum absolute atomic E-state index is 12.9. The molecule has 0 fully saturated rings. The molecule has 1 rings (SSSR count). The summed E-state index contributed by atoms with van der Waals surface area (Å²) in [5, 5.41) is 0. The topological polar surface area (TPSA) is 26.3 Å². The minimum atomic E-state index is -0.519. The van der Waals surface area contributed by atoms with Gasteiger partial charge >= 0.3 is 5.97 Å². The van der Waals surface area contributed by atoms with Crippen LogP contribution in [0.5, 0.6) is 0 Å². The van der Waals surface area contributed by atoms with E-state index in [1.54, 1.807) is 18.2 Å². The number of esters is 1. The molecule has 2 nitrogen and oxygen atoms in total. The van der Waals surface area contributed by atoms with Crippen LogP contribution in [0.3, 0.4) is 0 Å². The van der Waals surface area contributed by atoms with Crippen LogP contribution in [0.15, 0.2) is 36.9 Å². The van der Waals surface area contributed by atoms with Crippen LogP contribution >= 0.6 is 22.6 Å². The summed E-state index contributed by atoms with van der Waals surface area (Å²) in [5.41, 5.74) is 0.330. The summed E-state index contributed by atoms with van der Waals surface area (Å²) >= 11 is 2.04. The van der Waals surface area contributed by atoms with E-state index in [0.717, 1.165) is 5.56 Å². The van der Waals surface area contributed by atoms with E-state index in [0.29, 0.717) is 0 Å². The summed E-state index contributed by atoms with van der Waals surface area (Å²) in [5.74, 6) is -0.785. The van der Waals surface area contributed by atoms with Crippen molar-refractivity contribution < 1.29 is 13.9 Å². The second kappa shape index (κ2) is 6.50. The molecule has 1 aromatic carbocycles. The number of halogens is 2. The van der Waals surface area contributed by atoms with Crippen molar-refractivity contribution in [1.29, 1.82) is 0 Å². The largest absolute Gasteiger partial charge is 0.459 e. The van der Waals surface area contributed by atoms with E-state index in [-0.39, 0.29) is 21.6 Å². The quantitative estimate of drug-likeness (QED) is 0.340. The predicted molar refractivity (Wildman–Crippen MR) is 83.0 cm³/mol. The van der Waals surface area contributed by atoms with E-state index >= 15 is 0 Å². The molecule has 0 aliphatic rings. The maximum Gasteiger partial charge on any atom is 0.320 e. The lowest BCUT2D eigenvalue weighted by molar-refractivity contribution is -0.153. The van der Waals surface area contributed by atoms with Crippen molar-refractivity contribution in [2.75, 3.05) is 0 Å². The molecule has 4 heteroatoms. The smallest absolute Gasteiger partial charge is 0.320 e. The van der Waals surface area contributed by atoms with Crippen LogP contribution < -0.4 is 0 Å². The molecule has 0 heterocycles. The van der Waals surface area contributed by atoms with E-state index in [2.05, 4.69) is 6.58 Å². The van der Waals surface area contributed by atoms with Crippen LogP contribution in [-0.2, 0) is 9.53 Å². The van der Waals surface area contributed by atoms with Gasteiger partial charge in [-0.25, -0.2) is 4.39 Å². The highest BCUT2D eigenvalue weighted by Crippen LogP contribution is 2.29. The molecule has 0 spiro atoms. The van der Waals surface area contributed by atoms with Gasteiger partial charge in [-0.05, 0) is 38.5 Å². The van der Waals surface area contributed by atoms with Gasteiger partial charge in [-0.15, -0.1) is 6.58 Å². The van der Waals surface area contributed by atoms with Gasteiger partial charge in [0.25, 0.3) is 0 Å². The molecule has 1 aromatic rings. The Morgan fingerprint density at radius 3 is 2.32 bits per heavy atom. The Morgan fingerprint density at radius 1 is 1.37 bits per heavy atom. The second-order valence-electron chi connectivity index (χ2n) is 5.25. The van der Waals surface area contributed by atoms with Crippen LogP contribution in [0.4, 0.5) is 4.39 Å². The zero-order valence-electron chi connectivity index (χ0n) is 11.3. The third kappa shape index (κ3) is 4.93. The molecule has 0 N–H and O–H groups in total. The molecule has 0 unspecified atom stereocenters. The fraction of sp³-hybridized carbons (Fsp3) is 0.400. The minimum absolute atomic E-state index is 0.198. The van der Waals surface area contributed by atoms with Crippen molar-refractivity contribution in [2.24, 2.45) is 0 Å². The molecule has 2 atom stereocenters. The molecule has 104 valence electrons. The maximum atomic E-state index is 12.9. The predicted octanol–water partition coefficient (Wildman–Crippen LogP) is 4.24. The highest BCUT2D eigenvalue weighted by molar-refractivity contribution is 14.1. The average molecular weight is 376 g/mol. The summed E-state index contributed by atoms with van der Waals surface area (Å²) < 4.78 is 17.9. The first-order valence-corrected chi connectivity index (χ1v) is 7.24. The molecule has 0 aliphatic carbocycles. The van der Waals surface area contributed by atoms with Crippen LogP contribution in [0.25, 0.3) is 0 Å². The van der Waals surface area contributed by atoms with E-state index < -0.39 is 5.60 Å². The number of benzene rings is 1. The first-order valence-electron chi connectivity index (χ1n) is 5.99. The summed E-state index contributed by atoms with van der Waals surface area (Å²) in [7, 11) is 0. The van der Waals surface area contributed by atoms with Crippen molar-refractivity contribution in [3.8, 4) is 0 Å². The monoisotopic (exact) mass is 376 g/mol. The molecule has 0 amide bonds. The van der Waals surface area contributed by atoms with Gasteiger partial charge in [0.2, 0.25) is 0 Å². The summed E-state index contributed by atoms with van der Waals surface area (Å²) in [6, 6.07) is 6.09. The number of ether oxygens (including phenoxy) is 1. The van der Waals surface area contributed by atoms with Gasteiger partial charge in [-0.1, -0.05) is 40.8 Å². The van der Waals surface area contributed by atoms with Gasteiger partial charge in [0.1, 0.15) is 15.3 Å². The number of carbonyl (C=O) groups excluding carboxylic acids is 1. The van der Waals surface area contributed by atoms with Crippen molar-refractivity contribution in [1.82, 2.24) is 0 Å². The first kappa shape index (κ1) is 16.1. The van der Waals surface area contributed by atoms with Crippen LogP contribution in [0, 0.1) is 5.82 Å². The fourth-order valence-corrected chi connectivity index (χ4v) is 2.45. The Labute approximate surface area is 127 Å². The Hall–Kier alpha value is -0.910. The number of hydrogen-bond donors (Lipinski definition) is 0. The van der Waals surface area contributed by atoms with Crippen molar-refractivity contribution in [3.05, 3.63) is 48.3 Å².